The number of ketones is 1. The predicted molar refractivity (Wildman–Crippen MR) is 45.6 cm³/mol. The first-order chi connectivity index (χ1) is 6.40. The molecule has 2 unspecified atom stereocenters. The van der Waals surface area contributed by atoms with Crippen LogP contribution in [-0.4, -0.2) is 5.78 Å². The maximum atomic E-state index is 11.6. The number of carbonyl (C=O) groups is 1. The summed E-state index contributed by atoms with van der Waals surface area (Å²) in [5.74, 6) is 1.19. The van der Waals surface area contributed by atoms with Crippen molar-refractivity contribution in [1.29, 1.82) is 0 Å². The molecule has 0 radical (unpaired) electrons. The fourth-order valence-corrected chi connectivity index (χ4v) is 2.90. The first-order valence-electron chi connectivity index (χ1n) is 4.92. The van der Waals surface area contributed by atoms with Crippen molar-refractivity contribution in [3.05, 3.63) is 0 Å². The molecule has 14 heavy (non-hydrogen) atoms. The van der Waals surface area contributed by atoms with E-state index in [1.165, 1.54) is 6.42 Å². The van der Waals surface area contributed by atoms with Gasteiger partial charge in [-0.3, -0.25) is 4.79 Å². The second kappa shape index (κ2) is 3.86. The molecule has 2 fully saturated rings. The Hall–Kier alpha value is -0.0157. The molecular formula is C10H16O3Ti. The van der Waals surface area contributed by atoms with Gasteiger partial charge in [-0.1, -0.05) is 20.8 Å². The molecule has 0 aromatic carbocycles. The van der Waals surface area contributed by atoms with Crippen molar-refractivity contribution < 1.29 is 30.5 Å². The zero-order valence-corrected chi connectivity index (χ0v) is 10.5. The summed E-state index contributed by atoms with van der Waals surface area (Å²) in [5.41, 5.74) is 0.307. The van der Waals surface area contributed by atoms with Crippen molar-refractivity contribution in [1.82, 2.24) is 0 Å². The van der Waals surface area contributed by atoms with Crippen LogP contribution in [0.2, 0.25) is 0 Å². The molecule has 0 saturated heterocycles. The number of hydrogen-bond donors (Lipinski definition) is 0. The molecule has 3 nitrogen and oxygen atoms in total. The standard InChI is InChI=1S/C10H16O.2O.Ti/c1-9(2)7-4-5-10(9,3)8(11)6-7;;;/h7H,4-6H2,1-3H3;;;. The van der Waals surface area contributed by atoms with Gasteiger partial charge < -0.3 is 0 Å². The molecular weight excluding hydrogens is 216 g/mol. The van der Waals surface area contributed by atoms with Gasteiger partial charge in [0.25, 0.3) is 0 Å². The molecule has 2 atom stereocenters. The van der Waals surface area contributed by atoms with Crippen LogP contribution in [0.5, 0.6) is 0 Å². The third-order valence-corrected chi connectivity index (χ3v) is 4.48. The predicted octanol–water partition coefficient (Wildman–Crippen LogP) is 2.16. The average Bonchev–Trinajstić information content (AvgIpc) is 2.38. The van der Waals surface area contributed by atoms with Crippen LogP contribution < -0.4 is 0 Å². The Morgan fingerprint density at radius 2 is 1.79 bits per heavy atom. The second-order valence-corrected chi connectivity index (χ2v) is 5.26. The van der Waals surface area contributed by atoms with Crippen LogP contribution in [0.1, 0.15) is 40.0 Å². The Bertz CT molecular complexity index is 292. The molecule has 0 aromatic rings. The molecule has 2 aliphatic carbocycles. The average molecular weight is 232 g/mol. The molecule has 0 N–H and O–H groups in total. The number of rotatable bonds is 0. The van der Waals surface area contributed by atoms with Crippen molar-refractivity contribution in [3.63, 3.8) is 0 Å². The van der Waals surface area contributed by atoms with E-state index in [0.717, 1.165) is 12.8 Å². The van der Waals surface area contributed by atoms with Crippen LogP contribution in [0.15, 0.2) is 0 Å². The van der Waals surface area contributed by atoms with Gasteiger partial charge in [-0.25, -0.2) is 0 Å². The Morgan fingerprint density at radius 1 is 1.29 bits per heavy atom. The molecule has 0 aromatic heterocycles. The first-order valence-corrected chi connectivity index (χ1v) is 6.20. The number of carbonyl (C=O) groups excluding carboxylic acids is 1. The van der Waals surface area contributed by atoms with Gasteiger partial charge in [0.2, 0.25) is 0 Å². The van der Waals surface area contributed by atoms with Crippen molar-refractivity contribution in [2.24, 2.45) is 16.7 Å². The van der Waals surface area contributed by atoms with Crippen LogP contribution in [0.3, 0.4) is 0 Å². The Morgan fingerprint density at radius 3 is 1.93 bits per heavy atom. The van der Waals surface area contributed by atoms with E-state index in [4.69, 9.17) is 6.65 Å². The topological polar surface area (TPSA) is 51.2 Å². The summed E-state index contributed by atoms with van der Waals surface area (Å²) < 4.78 is 17.0. The molecule has 0 aliphatic heterocycles. The fraction of sp³-hybridized carbons (Fsp3) is 0.900. The van der Waals surface area contributed by atoms with Gasteiger partial charge >= 0.3 is 25.7 Å². The van der Waals surface area contributed by atoms with E-state index in [1.54, 1.807) is 0 Å². The molecule has 0 amide bonds. The summed E-state index contributed by atoms with van der Waals surface area (Å²) in [6.07, 6.45) is 3.25. The zero-order valence-electron chi connectivity index (χ0n) is 8.92. The van der Waals surface area contributed by atoms with Crippen molar-refractivity contribution in [3.8, 4) is 0 Å². The van der Waals surface area contributed by atoms with Gasteiger partial charge in [-0.05, 0) is 24.2 Å². The summed E-state index contributed by atoms with van der Waals surface area (Å²) >= 11 is -2.00. The second-order valence-electron chi connectivity index (χ2n) is 5.00. The van der Waals surface area contributed by atoms with Gasteiger partial charge in [0.15, 0.2) is 0 Å². The van der Waals surface area contributed by atoms with Crippen LogP contribution in [0, 0.1) is 16.7 Å². The fourth-order valence-electron chi connectivity index (χ4n) is 2.90. The molecule has 2 saturated carbocycles. The van der Waals surface area contributed by atoms with Gasteiger partial charge in [0.05, 0.1) is 0 Å². The quantitative estimate of drug-likeness (QED) is 0.601. The SMILES string of the molecule is CC12CCC(CC1=O)C2(C)C.[O]=[Ti]=[O]. The first kappa shape index (κ1) is 12.1. The molecule has 0 spiro atoms. The molecule has 2 bridgehead atoms. The van der Waals surface area contributed by atoms with Crippen LogP contribution in [0.25, 0.3) is 0 Å². The van der Waals surface area contributed by atoms with Gasteiger partial charge in [-0.15, -0.1) is 0 Å². The minimum absolute atomic E-state index is 0.0255. The van der Waals surface area contributed by atoms with E-state index in [2.05, 4.69) is 20.8 Å². The van der Waals surface area contributed by atoms with E-state index in [1.807, 2.05) is 0 Å². The monoisotopic (exact) mass is 232 g/mol. The number of hydrogen-bond acceptors (Lipinski definition) is 3. The number of Topliss-reactive ketones (excluding diaryl/α,β-unsaturated/α-hetero) is 1. The molecule has 4 heteroatoms. The Labute approximate surface area is 93.2 Å². The van der Waals surface area contributed by atoms with Crippen LogP contribution in [-0.2, 0) is 30.5 Å². The zero-order chi connectivity index (χ0) is 11.0. The number of fused-ring (bicyclic) bond motifs is 2. The maximum absolute atomic E-state index is 11.6. The summed E-state index contributed by atoms with van der Waals surface area (Å²) in [7, 11) is 0. The summed E-state index contributed by atoms with van der Waals surface area (Å²) in [5, 5.41) is 0. The van der Waals surface area contributed by atoms with E-state index in [-0.39, 0.29) is 10.8 Å². The molecule has 2 aliphatic rings. The van der Waals surface area contributed by atoms with Gasteiger partial charge in [-0.2, -0.15) is 0 Å². The van der Waals surface area contributed by atoms with Crippen LogP contribution in [0.4, 0.5) is 0 Å². The molecule has 78 valence electrons. The van der Waals surface area contributed by atoms with E-state index in [9.17, 15) is 4.79 Å². The van der Waals surface area contributed by atoms with E-state index in [0.29, 0.717) is 11.7 Å². The summed E-state index contributed by atoms with van der Waals surface area (Å²) in [4.78, 5) is 11.6. The third kappa shape index (κ3) is 1.51. The van der Waals surface area contributed by atoms with Crippen molar-refractivity contribution in [2.45, 2.75) is 40.0 Å². The molecule has 0 heterocycles. The molecule has 2 rings (SSSR count). The van der Waals surface area contributed by atoms with E-state index < -0.39 is 19.1 Å². The third-order valence-electron chi connectivity index (χ3n) is 4.48. The van der Waals surface area contributed by atoms with E-state index >= 15 is 0 Å². The Kier molecular flexibility index (Phi) is 3.32. The van der Waals surface area contributed by atoms with Crippen LogP contribution >= 0.6 is 0 Å². The Balaban J connectivity index is 0.000000293. The minimum atomic E-state index is -2.00. The van der Waals surface area contributed by atoms with Crippen molar-refractivity contribution in [2.75, 3.05) is 0 Å². The normalized spacial score (nSPS) is 37.4. The van der Waals surface area contributed by atoms with Gasteiger partial charge in [0.1, 0.15) is 5.78 Å². The van der Waals surface area contributed by atoms with Gasteiger partial charge in [0, 0.05) is 11.8 Å². The van der Waals surface area contributed by atoms with Crippen molar-refractivity contribution >= 4 is 5.78 Å². The summed E-state index contributed by atoms with van der Waals surface area (Å²) in [6.45, 7) is 6.67. The summed E-state index contributed by atoms with van der Waals surface area (Å²) in [6, 6.07) is 0.